The molecule has 0 radical (unpaired) electrons. The standard InChI is InChI=1S/C23H33N3O4/c1-3-4-8-21(29)24-19-7-5-6-18(13-19)22(30)25-11-9-23(10-12-25)14-20(28)15-26(16-23)17(2)27/h5-7,13,20,28H,3-4,8-12,14-16H2,1-2H3,(H,24,29). The summed E-state index contributed by atoms with van der Waals surface area (Å²) in [5.74, 6) is -0.0917. The molecule has 3 amide bonds. The first-order valence-corrected chi connectivity index (χ1v) is 10.9. The van der Waals surface area contributed by atoms with Gasteiger partial charge in [0.15, 0.2) is 0 Å². The van der Waals surface area contributed by atoms with E-state index in [9.17, 15) is 19.5 Å². The number of aliphatic hydroxyl groups is 1. The highest BCUT2D eigenvalue weighted by atomic mass is 16.3. The highest BCUT2D eigenvalue weighted by Gasteiger charge is 2.43. The fourth-order valence-electron chi connectivity index (χ4n) is 4.61. The van der Waals surface area contributed by atoms with E-state index in [1.165, 1.54) is 0 Å². The fraction of sp³-hybridized carbons (Fsp3) is 0.609. The molecule has 7 nitrogen and oxygen atoms in total. The van der Waals surface area contributed by atoms with Crippen LogP contribution >= 0.6 is 0 Å². The normalized spacial score (nSPS) is 20.8. The van der Waals surface area contributed by atoms with E-state index in [1.807, 2.05) is 11.8 Å². The molecule has 3 rings (SSSR count). The van der Waals surface area contributed by atoms with Gasteiger partial charge in [-0.3, -0.25) is 14.4 Å². The first kappa shape index (κ1) is 22.3. The number of carbonyl (C=O) groups excluding carboxylic acids is 3. The Hall–Kier alpha value is -2.41. The lowest BCUT2D eigenvalue weighted by atomic mass is 9.71. The second kappa shape index (κ2) is 9.60. The Morgan fingerprint density at radius 2 is 1.93 bits per heavy atom. The minimum atomic E-state index is -0.502. The molecule has 0 aromatic heterocycles. The third-order valence-corrected chi connectivity index (χ3v) is 6.33. The monoisotopic (exact) mass is 415 g/mol. The summed E-state index contributed by atoms with van der Waals surface area (Å²) in [5, 5.41) is 13.1. The minimum Gasteiger partial charge on any atom is -0.391 e. The van der Waals surface area contributed by atoms with Crippen LogP contribution in [0.2, 0.25) is 0 Å². The number of likely N-dealkylation sites (tertiary alicyclic amines) is 2. The fourth-order valence-corrected chi connectivity index (χ4v) is 4.61. The number of anilines is 1. The largest absolute Gasteiger partial charge is 0.391 e. The molecular formula is C23H33N3O4. The maximum Gasteiger partial charge on any atom is 0.253 e. The van der Waals surface area contributed by atoms with Crippen molar-refractivity contribution in [2.45, 2.75) is 58.5 Å². The van der Waals surface area contributed by atoms with E-state index in [2.05, 4.69) is 5.32 Å². The maximum atomic E-state index is 13.0. The van der Waals surface area contributed by atoms with Gasteiger partial charge in [-0.15, -0.1) is 0 Å². The van der Waals surface area contributed by atoms with E-state index < -0.39 is 6.10 Å². The summed E-state index contributed by atoms with van der Waals surface area (Å²) in [6, 6.07) is 7.09. The van der Waals surface area contributed by atoms with Crippen molar-refractivity contribution < 1.29 is 19.5 Å². The number of piperidine rings is 2. The second-order valence-electron chi connectivity index (χ2n) is 8.78. The predicted octanol–water partition coefficient (Wildman–Crippen LogP) is 2.65. The summed E-state index contributed by atoms with van der Waals surface area (Å²) in [5.41, 5.74) is 1.09. The molecular weight excluding hydrogens is 382 g/mol. The molecule has 2 fully saturated rings. The molecule has 2 N–H and O–H groups in total. The summed E-state index contributed by atoms with van der Waals surface area (Å²) in [6.45, 7) is 5.84. The summed E-state index contributed by atoms with van der Waals surface area (Å²) in [4.78, 5) is 40.4. The number of unbranched alkanes of at least 4 members (excludes halogenated alkanes) is 1. The van der Waals surface area contributed by atoms with E-state index >= 15 is 0 Å². The number of nitrogens with zero attached hydrogens (tertiary/aromatic N) is 2. The third-order valence-electron chi connectivity index (χ3n) is 6.33. The van der Waals surface area contributed by atoms with Crippen LogP contribution in [0.15, 0.2) is 24.3 Å². The maximum absolute atomic E-state index is 13.0. The molecule has 1 unspecified atom stereocenters. The van der Waals surface area contributed by atoms with Gasteiger partial charge in [0.2, 0.25) is 11.8 Å². The molecule has 1 aromatic rings. The lowest BCUT2D eigenvalue weighted by Gasteiger charge is -2.49. The summed E-state index contributed by atoms with van der Waals surface area (Å²) in [7, 11) is 0. The van der Waals surface area contributed by atoms with Gasteiger partial charge in [-0.1, -0.05) is 19.4 Å². The van der Waals surface area contributed by atoms with Crippen LogP contribution in [0.5, 0.6) is 0 Å². The quantitative estimate of drug-likeness (QED) is 0.774. The van der Waals surface area contributed by atoms with Crippen LogP contribution in [0, 0.1) is 5.41 Å². The number of amides is 3. The van der Waals surface area contributed by atoms with Crippen LogP contribution in [-0.4, -0.2) is 64.9 Å². The van der Waals surface area contributed by atoms with Crippen LogP contribution in [0.25, 0.3) is 0 Å². The molecule has 7 heteroatoms. The van der Waals surface area contributed by atoms with Crippen molar-refractivity contribution in [2.75, 3.05) is 31.5 Å². The lowest BCUT2D eigenvalue weighted by molar-refractivity contribution is -0.137. The van der Waals surface area contributed by atoms with Crippen LogP contribution in [0.1, 0.15) is 62.7 Å². The molecule has 164 valence electrons. The molecule has 2 aliphatic rings. The number of rotatable bonds is 5. The highest BCUT2D eigenvalue weighted by molar-refractivity contribution is 5.97. The van der Waals surface area contributed by atoms with Gasteiger partial charge in [0.05, 0.1) is 6.10 Å². The highest BCUT2D eigenvalue weighted by Crippen LogP contribution is 2.40. The minimum absolute atomic E-state index is 0.00979. The molecule has 0 bridgehead atoms. The molecule has 0 saturated carbocycles. The summed E-state index contributed by atoms with van der Waals surface area (Å²) in [6.07, 6.45) is 4.00. The van der Waals surface area contributed by atoms with Crippen molar-refractivity contribution in [3.8, 4) is 0 Å². The summed E-state index contributed by atoms with van der Waals surface area (Å²) < 4.78 is 0. The third kappa shape index (κ3) is 5.39. The SMILES string of the molecule is CCCCC(=O)Nc1cccc(C(=O)N2CCC3(CC2)CC(O)CN(C(C)=O)C3)c1. The van der Waals surface area contributed by atoms with Crippen molar-refractivity contribution in [3.05, 3.63) is 29.8 Å². The van der Waals surface area contributed by atoms with Gasteiger partial charge in [-0.25, -0.2) is 0 Å². The smallest absolute Gasteiger partial charge is 0.253 e. The molecule has 30 heavy (non-hydrogen) atoms. The molecule has 2 saturated heterocycles. The Labute approximate surface area is 178 Å². The number of β-amino-alcohol motifs (C(OH)–C–C–N with tert-alkyl or cyclic N) is 1. The molecule has 1 aromatic carbocycles. The molecule has 2 heterocycles. The molecule has 1 atom stereocenters. The predicted molar refractivity (Wildman–Crippen MR) is 115 cm³/mol. The number of nitrogens with one attached hydrogen (secondary N) is 1. The van der Waals surface area contributed by atoms with Gasteiger partial charge in [0, 0.05) is 50.8 Å². The van der Waals surface area contributed by atoms with Crippen molar-refractivity contribution in [2.24, 2.45) is 5.41 Å². The molecule has 2 aliphatic heterocycles. The van der Waals surface area contributed by atoms with Gasteiger partial charge in [-0.2, -0.15) is 0 Å². The Morgan fingerprint density at radius 3 is 2.60 bits per heavy atom. The number of aliphatic hydroxyl groups excluding tert-OH is 1. The van der Waals surface area contributed by atoms with Crippen LogP contribution in [0.4, 0.5) is 5.69 Å². The van der Waals surface area contributed by atoms with Crippen molar-refractivity contribution in [1.29, 1.82) is 0 Å². The Morgan fingerprint density at radius 1 is 1.20 bits per heavy atom. The zero-order chi connectivity index (χ0) is 21.7. The van der Waals surface area contributed by atoms with Gasteiger partial charge < -0.3 is 20.2 Å². The van der Waals surface area contributed by atoms with Crippen molar-refractivity contribution in [3.63, 3.8) is 0 Å². The van der Waals surface area contributed by atoms with Gasteiger partial charge >= 0.3 is 0 Å². The average molecular weight is 416 g/mol. The van der Waals surface area contributed by atoms with Gasteiger partial charge in [0.25, 0.3) is 5.91 Å². The average Bonchev–Trinajstić information content (AvgIpc) is 2.72. The van der Waals surface area contributed by atoms with Crippen molar-refractivity contribution in [1.82, 2.24) is 9.80 Å². The van der Waals surface area contributed by atoms with E-state index in [0.29, 0.717) is 50.3 Å². The summed E-state index contributed by atoms with van der Waals surface area (Å²) >= 11 is 0. The molecule has 0 aliphatic carbocycles. The number of hydrogen-bond acceptors (Lipinski definition) is 4. The number of benzene rings is 1. The second-order valence-corrected chi connectivity index (χ2v) is 8.78. The Bertz CT molecular complexity index is 786. The van der Waals surface area contributed by atoms with Crippen LogP contribution in [0.3, 0.4) is 0 Å². The van der Waals surface area contributed by atoms with E-state index in [4.69, 9.17) is 0 Å². The number of carbonyl (C=O) groups is 3. The zero-order valence-electron chi connectivity index (χ0n) is 18.0. The first-order chi connectivity index (χ1) is 14.3. The lowest BCUT2D eigenvalue weighted by Crippen LogP contribution is -2.55. The number of hydrogen-bond donors (Lipinski definition) is 2. The first-order valence-electron chi connectivity index (χ1n) is 10.9. The van der Waals surface area contributed by atoms with E-state index in [1.54, 1.807) is 36.1 Å². The molecule has 1 spiro atoms. The van der Waals surface area contributed by atoms with Crippen molar-refractivity contribution >= 4 is 23.4 Å². The van der Waals surface area contributed by atoms with E-state index in [-0.39, 0.29) is 23.1 Å². The topological polar surface area (TPSA) is 89.9 Å². The van der Waals surface area contributed by atoms with Crippen LogP contribution in [-0.2, 0) is 9.59 Å². The van der Waals surface area contributed by atoms with E-state index in [0.717, 1.165) is 25.7 Å². The Balaban J connectivity index is 1.61. The van der Waals surface area contributed by atoms with Gasteiger partial charge in [-0.05, 0) is 49.3 Å². The zero-order valence-corrected chi connectivity index (χ0v) is 18.0. The Kier molecular flexibility index (Phi) is 7.13. The van der Waals surface area contributed by atoms with Crippen LogP contribution < -0.4 is 5.32 Å². The van der Waals surface area contributed by atoms with Gasteiger partial charge in [0.1, 0.15) is 0 Å².